The first-order valence-electron chi connectivity index (χ1n) is 3.48. The predicted octanol–water partition coefficient (Wildman–Crippen LogP) is 0.784. The summed E-state index contributed by atoms with van der Waals surface area (Å²) in [7, 11) is 0. The standard InChI is InChI=1S/C8H4N2O4.K/c9-4-6-2-1-5(8(11)12)3-7(6)10(13)14;/h1-3H,(H,11,12);. The molecule has 0 aliphatic heterocycles. The third kappa shape index (κ3) is 3.37. The minimum atomic E-state index is -1.27. The van der Waals surface area contributed by atoms with Gasteiger partial charge in [0.05, 0.1) is 10.5 Å². The first kappa shape index (κ1) is 14.2. The molecule has 1 N–H and O–H groups in total. The summed E-state index contributed by atoms with van der Waals surface area (Å²) in [5, 5.41) is 27.5. The monoisotopic (exact) mass is 231 g/mol. The molecule has 0 spiro atoms. The first-order chi connectivity index (χ1) is 6.56. The third-order valence-electron chi connectivity index (χ3n) is 1.56. The molecule has 0 bridgehead atoms. The Morgan fingerprint density at radius 1 is 1.53 bits per heavy atom. The van der Waals surface area contributed by atoms with Gasteiger partial charge in [0.25, 0.3) is 5.69 Å². The fourth-order valence-corrected chi connectivity index (χ4v) is 0.910. The number of aromatic carboxylic acids is 1. The number of nitrogens with zero attached hydrogens (tertiary/aromatic N) is 2. The average molecular weight is 231 g/mol. The van der Waals surface area contributed by atoms with Crippen molar-refractivity contribution in [3.8, 4) is 6.07 Å². The van der Waals surface area contributed by atoms with Crippen LogP contribution >= 0.6 is 0 Å². The van der Waals surface area contributed by atoms with E-state index in [2.05, 4.69) is 0 Å². The van der Waals surface area contributed by atoms with Crippen LogP contribution in [0.3, 0.4) is 0 Å². The van der Waals surface area contributed by atoms with Crippen LogP contribution in [-0.2, 0) is 0 Å². The molecule has 0 atom stereocenters. The van der Waals surface area contributed by atoms with Crippen LogP contribution in [0, 0.1) is 21.4 Å². The van der Waals surface area contributed by atoms with Gasteiger partial charge in [-0.2, -0.15) is 5.26 Å². The molecule has 1 aromatic rings. The minimum Gasteiger partial charge on any atom is -0.478 e. The summed E-state index contributed by atoms with van der Waals surface area (Å²) < 4.78 is 0. The van der Waals surface area contributed by atoms with E-state index < -0.39 is 16.6 Å². The zero-order valence-electron chi connectivity index (χ0n) is 7.80. The molecule has 0 heterocycles. The maximum atomic E-state index is 10.5. The van der Waals surface area contributed by atoms with E-state index in [0.29, 0.717) is 0 Å². The second-order valence-corrected chi connectivity index (χ2v) is 2.41. The zero-order valence-corrected chi connectivity index (χ0v) is 10.9. The van der Waals surface area contributed by atoms with Crippen molar-refractivity contribution in [2.75, 3.05) is 0 Å². The third-order valence-corrected chi connectivity index (χ3v) is 1.56. The Morgan fingerprint density at radius 2 is 2.13 bits per heavy atom. The van der Waals surface area contributed by atoms with E-state index in [1.807, 2.05) is 0 Å². The van der Waals surface area contributed by atoms with Gasteiger partial charge >= 0.3 is 5.97 Å². The van der Waals surface area contributed by atoms with Crippen molar-refractivity contribution in [1.82, 2.24) is 0 Å². The van der Waals surface area contributed by atoms with Gasteiger partial charge in [-0.25, -0.2) is 4.79 Å². The van der Waals surface area contributed by atoms with E-state index >= 15 is 0 Å². The molecular formula is C8H4KN2O4. The maximum absolute atomic E-state index is 10.5. The smallest absolute Gasteiger partial charge is 0.335 e. The molecule has 71 valence electrons. The van der Waals surface area contributed by atoms with Crippen LogP contribution in [0.4, 0.5) is 5.69 Å². The Kier molecular flexibility index (Phi) is 5.63. The molecule has 1 radical (unpaired) electrons. The molecule has 0 aliphatic carbocycles. The second kappa shape index (κ2) is 5.94. The van der Waals surface area contributed by atoms with Crippen LogP contribution in [-0.4, -0.2) is 67.4 Å². The summed E-state index contributed by atoms with van der Waals surface area (Å²) >= 11 is 0. The normalized spacial score (nSPS) is 8.47. The molecule has 7 heteroatoms. The summed E-state index contributed by atoms with van der Waals surface area (Å²) in [6.07, 6.45) is 0. The fourth-order valence-electron chi connectivity index (χ4n) is 0.910. The van der Waals surface area contributed by atoms with Crippen molar-refractivity contribution in [3.05, 3.63) is 39.4 Å². The Hall–Kier alpha value is -0.784. The summed E-state index contributed by atoms with van der Waals surface area (Å²) in [5.41, 5.74) is -0.858. The Labute approximate surface area is 127 Å². The van der Waals surface area contributed by atoms with Gasteiger partial charge in [0, 0.05) is 57.5 Å². The van der Waals surface area contributed by atoms with E-state index in [4.69, 9.17) is 10.4 Å². The summed E-state index contributed by atoms with van der Waals surface area (Å²) in [4.78, 5) is 20.1. The van der Waals surface area contributed by atoms with Crippen LogP contribution in [0.25, 0.3) is 0 Å². The van der Waals surface area contributed by atoms with E-state index in [1.54, 1.807) is 6.07 Å². The first-order valence-corrected chi connectivity index (χ1v) is 3.48. The molecule has 0 fully saturated rings. The molecule has 1 aromatic carbocycles. The van der Waals surface area contributed by atoms with Gasteiger partial charge in [-0.3, -0.25) is 10.1 Å². The zero-order chi connectivity index (χ0) is 10.7. The molecule has 1 rings (SSSR count). The number of nitro benzene ring substituents is 1. The molecule has 0 aromatic heterocycles. The SMILES string of the molecule is N#Cc1ccc(C(=O)O)cc1[N+](=O)[O-].[K]. The van der Waals surface area contributed by atoms with Crippen molar-refractivity contribution in [2.45, 2.75) is 0 Å². The van der Waals surface area contributed by atoms with Crippen LogP contribution < -0.4 is 0 Å². The summed E-state index contributed by atoms with van der Waals surface area (Å²) in [6, 6.07) is 4.73. The quantitative estimate of drug-likeness (QED) is 0.460. The Balaban J connectivity index is 0.00000196. The fraction of sp³-hybridized carbons (Fsp3) is 0. The molecule has 6 nitrogen and oxygen atoms in total. The van der Waals surface area contributed by atoms with Gasteiger partial charge in [0.2, 0.25) is 0 Å². The van der Waals surface area contributed by atoms with Crippen LogP contribution in [0.2, 0.25) is 0 Å². The molecule has 15 heavy (non-hydrogen) atoms. The number of carbonyl (C=O) groups is 1. The van der Waals surface area contributed by atoms with Gasteiger partial charge in [0.1, 0.15) is 11.6 Å². The second-order valence-electron chi connectivity index (χ2n) is 2.41. The number of hydrogen-bond acceptors (Lipinski definition) is 4. The van der Waals surface area contributed by atoms with E-state index in [0.717, 1.165) is 18.2 Å². The molecule has 0 aliphatic rings. The number of carboxylic acid groups (broad SMARTS) is 1. The van der Waals surface area contributed by atoms with Gasteiger partial charge < -0.3 is 5.11 Å². The molecule has 0 saturated carbocycles. The predicted molar refractivity (Wildman–Crippen MR) is 50.5 cm³/mol. The topological polar surface area (TPSA) is 104 Å². The maximum Gasteiger partial charge on any atom is 0.335 e. The Morgan fingerprint density at radius 3 is 2.53 bits per heavy atom. The van der Waals surface area contributed by atoms with Gasteiger partial charge in [-0.05, 0) is 12.1 Å². The number of carboxylic acids is 1. The Bertz CT molecular complexity index is 452. The van der Waals surface area contributed by atoms with Crippen molar-refractivity contribution in [3.63, 3.8) is 0 Å². The van der Waals surface area contributed by atoms with E-state index in [1.165, 1.54) is 0 Å². The number of nitro groups is 1. The van der Waals surface area contributed by atoms with Crippen molar-refractivity contribution in [2.24, 2.45) is 0 Å². The number of rotatable bonds is 2. The van der Waals surface area contributed by atoms with Crippen LogP contribution in [0.1, 0.15) is 15.9 Å². The van der Waals surface area contributed by atoms with Crippen molar-refractivity contribution < 1.29 is 14.8 Å². The summed E-state index contributed by atoms with van der Waals surface area (Å²) in [6.45, 7) is 0. The molecule has 0 amide bonds. The van der Waals surface area contributed by atoms with Crippen LogP contribution in [0.5, 0.6) is 0 Å². The van der Waals surface area contributed by atoms with Crippen molar-refractivity contribution >= 4 is 63.0 Å². The van der Waals surface area contributed by atoms with Gasteiger partial charge in [-0.15, -0.1) is 0 Å². The molecule has 0 saturated heterocycles. The molecule has 0 unspecified atom stereocenters. The largest absolute Gasteiger partial charge is 0.478 e. The van der Waals surface area contributed by atoms with Gasteiger partial charge in [-0.1, -0.05) is 0 Å². The number of nitriles is 1. The van der Waals surface area contributed by atoms with Gasteiger partial charge in [0.15, 0.2) is 0 Å². The van der Waals surface area contributed by atoms with E-state index in [9.17, 15) is 14.9 Å². The van der Waals surface area contributed by atoms with E-state index in [-0.39, 0.29) is 62.5 Å². The number of hydrogen-bond donors (Lipinski definition) is 1. The van der Waals surface area contributed by atoms with Crippen LogP contribution in [0.15, 0.2) is 18.2 Å². The molecular weight excluding hydrogens is 227 g/mol. The minimum absolute atomic E-state index is 0. The summed E-state index contributed by atoms with van der Waals surface area (Å²) in [5.74, 6) is -1.27. The number of benzene rings is 1. The van der Waals surface area contributed by atoms with Crippen molar-refractivity contribution in [1.29, 1.82) is 5.26 Å². The average Bonchev–Trinajstić information content (AvgIpc) is 2.16.